The van der Waals surface area contributed by atoms with E-state index >= 15 is 0 Å². The van der Waals surface area contributed by atoms with Gasteiger partial charge >= 0.3 is 0 Å². The molecule has 3 atom stereocenters. The molecule has 0 bridgehead atoms. The van der Waals surface area contributed by atoms with Gasteiger partial charge in [0.05, 0.1) is 5.54 Å². The van der Waals surface area contributed by atoms with Gasteiger partial charge in [0.15, 0.2) is 0 Å². The first kappa shape index (κ1) is 13.9. The molecule has 1 aliphatic carbocycles. The molecule has 0 aromatic heterocycles. The molecule has 1 amide bonds. The standard InChI is InChI=1S/C15H28N2O/c1-12-8-4-3-5-9-13(12)17-14(18)15(2)10-6-7-11-16-15/h12-13,16H,3-11H2,1-2H3,(H,17,18). The van der Waals surface area contributed by atoms with Crippen LogP contribution in [-0.2, 0) is 4.79 Å². The summed E-state index contributed by atoms with van der Waals surface area (Å²) in [5.41, 5.74) is -0.329. The third-order valence-corrected chi connectivity index (χ3v) is 4.80. The number of carbonyl (C=O) groups excluding carboxylic acids is 1. The van der Waals surface area contributed by atoms with Crippen LogP contribution in [-0.4, -0.2) is 24.0 Å². The molecular weight excluding hydrogens is 224 g/mol. The molecular formula is C15H28N2O. The maximum Gasteiger partial charge on any atom is 0.240 e. The smallest absolute Gasteiger partial charge is 0.240 e. The van der Waals surface area contributed by atoms with Crippen molar-refractivity contribution in [3.63, 3.8) is 0 Å². The van der Waals surface area contributed by atoms with Gasteiger partial charge in [-0.25, -0.2) is 0 Å². The molecule has 104 valence electrons. The molecule has 0 spiro atoms. The molecule has 1 saturated heterocycles. The Balaban J connectivity index is 1.92. The fraction of sp³-hybridized carbons (Fsp3) is 0.933. The predicted molar refractivity (Wildman–Crippen MR) is 74.4 cm³/mol. The van der Waals surface area contributed by atoms with Gasteiger partial charge in [0.2, 0.25) is 5.91 Å². The Morgan fingerprint density at radius 1 is 1.17 bits per heavy atom. The fourth-order valence-corrected chi connectivity index (χ4v) is 3.29. The molecule has 18 heavy (non-hydrogen) atoms. The van der Waals surface area contributed by atoms with Crippen LogP contribution in [0.4, 0.5) is 0 Å². The van der Waals surface area contributed by atoms with Gasteiger partial charge in [-0.2, -0.15) is 0 Å². The lowest BCUT2D eigenvalue weighted by atomic mass is 9.88. The molecule has 0 aromatic rings. The van der Waals surface area contributed by atoms with Crippen LogP contribution in [0.5, 0.6) is 0 Å². The summed E-state index contributed by atoms with van der Waals surface area (Å²) in [7, 11) is 0. The molecule has 1 aliphatic heterocycles. The third-order valence-electron chi connectivity index (χ3n) is 4.80. The Labute approximate surface area is 111 Å². The van der Waals surface area contributed by atoms with Gasteiger partial charge in [0.1, 0.15) is 0 Å². The molecule has 0 aromatic carbocycles. The van der Waals surface area contributed by atoms with Crippen molar-refractivity contribution in [3.05, 3.63) is 0 Å². The van der Waals surface area contributed by atoms with Gasteiger partial charge in [-0.15, -0.1) is 0 Å². The largest absolute Gasteiger partial charge is 0.352 e. The van der Waals surface area contributed by atoms with Crippen molar-refractivity contribution < 1.29 is 4.79 Å². The summed E-state index contributed by atoms with van der Waals surface area (Å²) in [6.45, 7) is 5.32. The summed E-state index contributed by atoms with van der Waals surface area (Å²) in [6.07, 6.45) is 9.66. The third kappa shape index (κ3) is 3.25. The Kier molecular flexibility index (Phi) is 4.66. The predicted octanol–water partition coefficient (Wildman–Crippen LogP) is 2.60. The van der Waals surface area contributed by atoms with Crippen molar-refractivity contribution in [3.8, 4) is 0 Å². The fourth-order valence-electron chi connectivity index (χ4n) is 3.29. The quantitative estimate of drug-likeness (QED) is 0.742. The van der Waals surface area contributed by atoms with Crippen molar-refractivity contribution in [2.24, 2.45) is 5.92 Å². The molecule has 2 fully saturated rings. The summed E-state index contributed by atoms with van der Waals surface area (Å²) in [5, 5.41) is 6.72. The van der Waals surface area contributed by atoms with Crippen LogP contribution < -0.4 is 10.6 Å². The molecule has 0 radical (unpaired) electrons. The van der Waals surface area contributed by atoms with Crippen LogP contribution in [0, 0.1) is 5.92 Å². The van der Waals surface area contributed by atoms with E-state index < -0.39 is 0 Å². The molecule has 2 rings (SSSR count). The van der Waals surface area contributed by atoms with Gasteiger partial charge in [-0.05, 0) is 51.5 Å². The highest BCUT2D eigenvalue weighted by molar-refractivity contribution is 5.86. The molecule has 1 saturated carbocycles. The van der Waals surface area contributed by atoms with E-state index in [4.69, 9.17) is 0 Å². The molecule has 2 N–H and O–H groups in total. The number of hydrogen-bond donors (Lipinski definition) is 2. The Hall–Kier alpha value is -0.570. The number of carbonyl (C=O) groups is 1. The maximum atomic E-state index is 12.5. The Morgan fingerprint density at radius 2 is 1.94 bits per heavy atom. The topological polar surface area (TPSA) is 41.1 Å². The Morgan fingerprint density at radius 3 is 2.67 bits per heavy atom. The van der Waals surface area contributed by atoms with E-state index in [1.807, 2.05) is 0 Å². The second-order valence-electron chi connectivity index (χ2n) is 6.41. The van der Waals surface area contributed by atoms with Crippen LogP contribution in [0.1, 0.15) is 65.2 Å². The summed E-state index contributed by atoms with van der Waals surface area (Å²) in [4.78, 5) is 12.5. The van der Waals surface area contributed by atoms with Crippen LogP contribution in [0.3, 0.4) is 0 Å². The minimum absolute atomic E-state index is 0.223. The van der Waals surface area contributed by atoms with Gasteiger partial charge in [-0.3, -0.25) is 4.79 Å². The van der Waals surface area contributed by atoms with E-state index in [0.717, 1.165) is 25.8 Å². The average Bonchev–Trinajstić information content (AvgIpc) is 2.56. The van der Waals surface area contributed by atoms with Gasteiger partial charge < -0.3 is 10.6 Å². The zero-order valence-electron chi connectivity index (χ0n) is 11.9. The molecule has 3 heteroatoms. The number of hydrogen-bond acceptors (Lipinski definition) is 2. The van der Waals surface area contributed by atoms with Crippen molar-refractivity contribution in [2.75, 3.05) is 6.54 Å². The second kappa shape index (κ2) is 6.05. The van der Waals surface area contributed by atoms with Crippen LogP contribution in [0.15, 0.2) is 0 Å². The lowest BCUT2D eigenvalue weighted by Gasteiger charge is -2.35. The number of piperidine rings is 1. The summed E-state index contributed by atoms with van der Waals surface area (Å²) in [6, 6.07) is 0.389. The zero-order valence-corrected chi connectivity index (χ0v) is 11.9. The normalized spacial score (nSPS) is 37.9. The number of nitrogens with one attached hydrogen (secondary N) is 2. The number of amides is 1. The van der Waals surface area contributed by atoms with Crippen molar-refractivity contribution in [1.82, 2.24) is 10.6 Å². The van der Waals surface area contributed by atoms with E-state index in [1.165, 1.54) is 32.1 Å². The summed E-state index contributed by atoms with van der Waals surface area (Å²) in [5.74, 6) is 0.851. The monoisotopic (exact) mass is 252 g/mol. The van der Waals surface area contributed by atoms with E-state index in [0.29, 0.717) is 12.0 Å². The molecule has 2 aliphatic rings. The van der Waals surface area contributed by atoms with Crippen molar-refractivity contribution in [1.29, 1.82) is 0 Å². The summed E-state index contributed by atoms with van der Waals surface area (Å²) < 4.78 is 0. The highest BCUT2D eigenvalue weighted by atomic mass is 16.2. The first-order valence-electron chi connectivity index (χ1n) is 7.68. The lowest BCUT2D eigenvalue weighted by Crippen LogP contribution is -2.59. The van der Waals surface area contributed by atoms with Crippen molar-refractivity contribution in [2.45, 2.75) is 76.8 Å². The van der Waals surface area contributed by atoms with Crippen molar-refractivity contribution >= 4 is 5.91 Å². The van der Waals surface area contributed by atoms with E-state index in [9.17, 15) is 4.79 Å². The van der Waals surface area contributed by atoms with E-state index in [-0.39, 0.29) is 11.4 Å². The maximum absolute atomic E-state index is 12.5. The SMILES string of the molecule is CC1CCCCCC1NC(=O)C1(C)CCCCN1. The van der Waals surface area contributed by atoms with Gasteiger partial charge in [-0.1, -0.05) is 26.2 Å². The van der Waals surface area contributed by atoms with E-state index in [2.05, 4.69) is 24.5 Å². The highest BCUT2D eigenvalue weighted by Gasteiger charge is 2.36. The first-order chi connectivity index (χ1) is 8.62. The molecule has 3 unspecified atom stereocenters. The lowest BCUT2D eigenvalue weighted by molar-refractivity contribution is -0.129. The minimum Gasteiger partial charge on any atom is -0.352 e. The first-order valence-corrected chi connectivity index (χ1v) is 7.68. The molecule has 3 nitrogen and oxygen atoms in total. The number of rotatable bonds is 2. The zero-order chi connectivity index (χ0) is 13.0. The van der Waals surface area contributed by atoms with E-state index in [1.54, 1.807) is 0 Å². The van der Waals surface area contributed by atoms with Gasteiger partial charge in [0, 0.05) is 6.04 Å². The van der Waals surface area contributed by atoms with Crippen LogP contribution >= 0.6 is 0 Å². The van der Waals surface area contributed by atoms with Gasteiger partial charge in [0.25, 0.3) is 0 Å². The molecule has 1 heterocycles. The second-order valence-corrected chi connectivity index (χ2v) is 6.41. The Bertz CT molecular complexity index is 284. The minimum atomic E-state index is -0.329. The highest BCUT2D eigenvalue weighted by Crippen LogP contribution is 2.25. The summed E-state index contributed by atoms with van der Waals surface area (Å²) >= 11 is 0. The van der Waals surface area contributed by atoms with Crippen LogP contribution in [0.25, 0.3) is 0 Å². The van der Waals surface area contributed by atoms with Crippen LogP contribution in [0.2, 0.25) is 0 Å². The average molecular weight is 252 g/mol.